The number of ether oxygens (including phenoxy) is 1. The molecule has 3 aromatic rings. The molecule has 4 rings (SSSR count). The Balaban J connectivity index is 2.04. The molecule has 27 heavy (non-hydrogen) atoms. The van der Waals surface area contributed by atoms with Gasteiger partial charge in [-0.05, 0) is 25.0 Å². The summed E-state index contributed by atoms with van der Waals surface area (Å²) in [5.41, 5.74) is 7.32. The number of methoxy groups -OCH3 is 1. The lowest BCUT2D eigenvalue weighted by Gasteiger charge is -2.25. The molecule has 0 atom stereocenters. The summed E-state index contributed by atoms with van der Waals surface area (Å²) in [4.78, 5) is 8.70. The molecule has 1 saturated carbocycles. The van der Waals surface area contributed by atoms with Crippen LogP contribution in [-0.4, -0.2) is 30.1 Å². The zero-order valence-electron chi connectivity index (χ0n) is 15.1. The van der Waals surface area contributed by atoms with Gasteiger partial charge in [0.15, 0.2) is 0 Å². The standard InChI is InChI=1S/C19H22N4O3S/c1-26-19-16-15(21-12-22-19)17(27(24,25)14-10-6-3-7-11-14)18(20)23(16)13-8-4-2-5-9-13/h3,6-7,10-13H,2,4-5,8-9,20H2,1H3. The number of sulfone groups is 1. The molecule has 0 radical (unpaired) electrons. The van der Waals surface area contributed by atoms with E-state index in [2.05, 4.69) is 9.97 Å². The predicted molar refractivity (Wildman–Crippen MR) is 103 cm³/mol. The van der Waals surface area contributed by atoms with E-state index in [-0.39, 0.29) is 21.7 Å². The maximum absolute atomic E-state index is 13.4. The Labute approximate surface area is 158 Å². The Kier molecular flexibility index (Phi) is 4.51. The highest BCUT2D eigenvalue weighted by Crippen LogP contribution is 2.42. The van der Waals surface area contributed by atoms with Gasteiger partial charge in [0.25, 0.3) is 0 Å². The van der Waals surface area contributed by atoms with Crippen molar-refractivity contribution < 1.29 is 13.2 Å². The minimum atomic E-state index is -3.83. The average molecular weight is 386 g/mol. The van der Waals surface area contributed by atoms with E-state index in [1.165, 1.54) is 19.9 Å². The second kappa shape index (κ2) is 6.84. The third-order valence-electron chi connectivity index (χ3n) is 5.19. The fourth-order valence-electron chi connectivity index (χ4n) is 3.95. The molecule has 0 aliphatic heterocycles. The van der Waals surface area contributed by atoms with Gasteiger partial charge in [-0.25, -0.2) is 13.4 Å². The molecule has 0 spiro atoms. The van der Waals surface area contributed by atoms with Crippen LogP contribution in [0.4, 0.5) is 5.82 Å². The smallest absolute Gasteiger partial charge is 0.241 e. The minimum Gasteiger partial charge on any atom is -0.479 e. The molecule has 1 aliphatic rings. The number of hydrogen-bond acceptors (Lipinski definition) is 6. The van der Waals surface area contributed by atoms with E-state index in [4.69, 9.17) is 10.5 Å². The number of aromatic nitrogens is 3. The average Bonchev–Trinajstić information content (AvgIpc) is 3.01. The van der Waals surface area contributed by atoms with Crippen molar-refractivity contribution in [2.75, 3.05) is 12.8 Å². The fourth-order valence-corrected chi connectivity index (χ4v) is 5.48. The number of nitrogen functional groups attached to an aromatic ring is 1. The van der Waals surface area contributed by atoms with Crippen molar-refractivity contribution in [3.05, 3.63) is 36.7 Å². The van der Waals surface area contributed by atoms with Gasteiger partial charge in [-0.1, -0.05) is 37.5 Å². The molecule has 0 bridgehead atoms. The largest absolute Gasteiger partial charge is 0.479 e. The van der Waals surface area contributed by atoms with E-state index in [1.54, 1.807) is 30.3 Å². The number of rotatable bonds is 4. The Hall–Kier alpha value is -2.61. The number of hydrogen-bond donors (Lipinski definition) is 1. The molecule has 1 fully saturated rings. The van der Waals surface area contributed by atoms with Gasteiger partial charge in [0.05, 0.1) is 12.0 Å². The number of anilines is 1. The highest BCUT2D eigenvalue weighted by atomic mass is 32.2. The number of nitrogens with two attached hydrogens (primary N) is 1. The summed E-state index contributed by atoms with van der Waals surface area (Å²) in [6.45, 7) is 0. The van der Waals surface area contributed by atoms with Crippen molar-refractivity contribution in [2.45, 2.75) is 47.9 Å². The maximum atomic E-state index is 13.4. The number of fused-ring (bicyclic) bond motifs is 1. The SMILES string of the molecule is COc1ncnc2c(S(=O)(=O)c3ccccc3)c(N)n(C3CCCCC3)c12. The van der Waals surface area contributed by atoms with Crippen molar-refractivity contribution in [3.8, 4) is 5.88 Å². The van der Waals surface area contributed by atoms with Gasteiger partial charge in [-0.15, -0.1) is 0 Å². The molecule has 2 aromatic heterocycles. The van der Waals surface area contributed by atoms with E-state index in [9.17, 15) is 8.42 Å². The van der Waals surface area contributed by atoms with Crippen molar-refractivity contribution >= 4 is 26.7 Å². The molecule has 0 amide bonds. The van der Waals surface area contributed by atoms with Gasteiger partial charge in [0.1, 0.15) is 28.1 Å². The zero-order valence-corrected chi connectivity index (χ0v) is 15.9. The second-order valence-corrected chi connectivity index (χ2v) is 8.66. The molecule has 0 unspecified atom stereocenters. The summed E-state index contributed by atoms with van der Waals surface area (Å²) in [6, 6.07) is 8.41. The monoisotopic (exact) mass is 386 g/mol. The van der Waals surface area contributed by atoms with Crippen molar-refractivity contribution in [2.24, 2.45) is 0 Å². The van der Waals surface area contributed by atoms with Crippen LogP contribution in [0.1, 0.15) is 38.1 Å². The van der Waals surface area contributed by atoms with E-state index >= 15 is 0 Å². The number of benzene rings is 1. The van der Waals surface area contributed by atoms with Crippen LogP contribution in [0.15, 0.2) is 46.5 Å². The van der Waals surface area contributed by atoms with Gasteiger partial charge in [0.2, 0.25) is 15.7 Å². The summed E-state index contributed by atoms with van der Waals surface area (Å²) in [5, 5.41) is 0. The first kappa shape index (κ1) is 17.8. The van der Waals surface area contributed by atoms with Crippen LogP contribution in [0.3, 0.4) is 0 Å². The molecular formula is C19H22N4O3S. The van der Waals surface area contributed by atoms with Crippen molar-refractivity contribution in [1.29, 1.82) is 0 Å². The van der Waals surface area contributed by atoms with Gasteiger partial charge >= 0.3 is 0 Å². The van der Waals surface area contributed by atoms with Gasteiger partial charge in [-0.3, -0.25) is 0 Å². The number of nitrogens with zero attached hydrogens (tertiary/aromatic N) is 3. The quantitative estimate of drug-likeness (QED) is 0.738. The Bertz CT molecular complexity index is 1070. The Morgan fingerprint density at radius 1 is 1.11 bits per heavy atom. The normalized spacial score (nSPS) is 15.9. The topological polar surface area (TPSA) is 100 Å². The molecule has 7 nitrogen and oxygen atoms in total. The van der Waals surface area contributed by atoms with E-state index in [0.29, 0.717) is 16.9 Å². The first-order valence-electron chi connectivity index (χ1n) is 9.04. The summed E-state index contributed by atoms with van der Waals surface area (Å²) in [6.07, 6.45) is 6.54. The second-order valence-electron chi connectivity index (χ2n) is 6.77. The molecule has 1 aliphatic carbocycles. The highest BCUT2D eigenvalue weighted by molar-refractivity contribution is 7.92. The first-order valence-corrected chi connectivity index (χ1v) is 10.5. The lowest BCUT2D eigenvalue weighted by Crippen LogP contribution is -2.16. The third-order valence-corrected chi connectivity index (χ3v) is 7.02. The zero-order chi connectivity index (χ0) is 19.0. The minimum absolute atomic E-state index is 0.0370. The Morgan fingerprint density at radius 3 is 2.48 bits per heavy atom. The highest BCUT2D eigenvalue weighted by Gasteiger charge is 2.33. The van der Waals surface area contributed by atoms with Crippen LogP contribution < -0.4 is 10.5 Å². The van der Waals surface area contributed by atoms with E-state index in [0.717, 1.165) is 25.7 Å². The summed E-state index contributed by atoms with van der Waals surface area (Å²) >= 11 is 0. The first-order chi connectivity index (χ1) is 13.1. The van der Waals surface area contributed by atoms with Crippen LogP contribution >= 0.6 is 0 Å². The third kappa shape index (κ3) is 2.84. The maximum Gasteiger partial charge on any atom is 0.241 e. The molecule has 2 N–H and O–H groups in total. The van der Waals surface area contributed by atoms with Crippen molar-refractivity contribution in [1.82, 2.24) is 14.5 Å². The summed E-state index contributed by atoms with van der Waals surface area (Å²) in [5.74, 6) is 0.548. The van der Waals surface area contributed by atoms with Crippen LogP contribution in [0.5, 0.6) is 5.88 Å². The van der Waals surface area contributed by atoms with Crippen molar-refractivity contribution in [3.63, 3.8) is 0 Å². The lowest BCUT2D eigenvalue weighted by molar-refractivity contribution is 0.356. The summed E-state index contributed by atoms with van der Waals surface area (Å²) < 4.78 is 34.0. The lowest BCUT2D eigenvalue weighted by atomic mass is 9.95. The molecule has 1 aromatic carbocycles. The fraction of sp³-hybridized carbons (Fsp3) is 0.368. The van der Waals surface area contributed by atoms with Crippen LogP contribution in [0.25, 0.3) is 11.0 Å². The summed E-state index contributed by atoms with van der Waals surface area (Å²) in [7, 11) is -2.32. The molecule has 142 valence electrons. The molecule has 0 saturated heterocycles. The van der Waals surface area contributed by atoms with Gasteiger partial charge in [-0.2, -0.15) is 4.98 Å². The Morgan fingerprint density at radius 2 is 1.81 bits per heavy atom. The predicted octanol–water partition coefficient (Wildman–Crippen LogP) is 3.36. The molecular weight excluding hydrogens is 364 g/mol. The van der Waals surface area contributed by atoms with Crippen LogP contribution in [0.2, 0.25) is 0 Å². The van der Waals surface area contributed by atoms with Gasteiger partial charge in [0, 0.05) is 6.04 Å². The van der Waals surface area contributed by atoms with E-state index in [1.807, 2.05) is 4.57 Å². The van der Waals surface area contributed by atoms with Crippen LogP contribution in [0, 0.1) is 0 Å². The molecule has 2 heterocycles. The molecule has 8 heteroatoms. The van der Waals surface area contributed by atoms with Crippen LogP contribution in [-0.2, 0) is 9.84 Å². The van der Waals surface area contributed by atoms with E-state index < -0.39 is 9.84 Å². The van der Waals surface area contributed by atoms with Gasteiger partial charge < -0.3 is 15.0 Å².